The molecule has 0 unspecified atom stereocenters. The van der Waals surface area contributed by atoms with Crippen molar-refractivity contribution >= 4 is 34.2 Å². The first-order valence-corrected chi connectivity index (χ1v) is 8.77. The molecule has 26 heavy (non-hydrogen) atoms. The zero-order valence-corrected chi connectivity index (χ0v) is 14.3. The van der Waals surface area contributed by atoms with Gasteiger partial charge in [0.25, 0.3) is 17.7 Å². The van der Waals surface area contributed by atoms with Gasteiger partial charge in [-0.3, -0.25) is 24.6 Å². The van der Waals surface area contributed by atoms with E-state index in [-0.39, 0.29) is 0 Å². The third-order valence-electron chi connectivity index (χ3n) is 4.11. The molecule has 0 radical (unpaired) electrons. The Labute approximate surface area is 153 Å². The van der Waals surface area contributed by atoms with Crippen molar-refractivity contribution < 1.29 is 14.4 Å². The molecule has 0 fully saturated rings. The largest absolute Gasteiger partial charge is 0.300 e. The molecule has 1 atom stereocenters. The lowest BCUT2D eigenvalue weighted by atomic mass is 10.0. The summed E-state index contributed by atoms with van der Waals surface area (Å²) in [5.74, 6) is -1.44. The fourth-order valence-corrected chi connectivity index (χ4v) is 3.49. The average molecular weight is 363 g/mol. The van der Waals surface area contributed by atoms with Gasteiger partial charge in [-0.1, -0.05) is 42.5 Å². The van der Waals surface area contributed by atoms with Gasteiger partial charge >= 0.3 is 0 Å². The summed E-state index contributed by atoms with van der Waals surface area (Å²) in [6.07, 6.45) is 1.57. The molecule has 1 aliphatic rings. The fraction of sp³-hybridized carbons (Fsp3) is 0.0526. The minimum Gasteiger partial charge on any atom is -0.300 e. The van der Waals surface area contributed by atoms with Gasteiger partial charge in [0.2, 0.25) is 0 Å². The SMILES string of the molecule is O=C(Nc1nccs1)[C@@H](c1ccccc1)N1C(=O)c2ccccc2C1=O. The molecule has 1 aromatic heterocycles. The Kier molecular flexibility index (Phi) is 4.06. The van der Waals surface area contributed by atoms with E-state index in [1.165, 1.54) is 11.3 Å². The number of carbonyl (C=O) groups is 3. The van der Waals surface area contributed by atoms with E-state index in [4.69, 9.17) is 0 Å². The lowest BCUT2D eigenvalue weighted by Crippen LogP contribution is -2.40. The van der Waals surface area contributed by atoms with Crippen LogP contribution in [-0.2, 0) is 4.79 Å². The van der Waals surface area contributed by atoms with Gasteiger partial charge in [0.05, 0.1) is 11.1 Å². The molecule has 0 aliphatic carbocycles. The standard InChI is InChI=1S/C19H13N3O3S/c23-16(21-19-20-10-11-26-19)15(12-6-2-1-3-7-12)22-17(24)13-8-4-5-9-14(13)18(22)25/h1-11,15H,(H,20,21,23)/t15-/m1/s1. The molecule has 0 bridgehead atoms. The van der Waals surface area contributed by atoms with Gasteiger partial charge in [-0.05, 0) is 17.7 Å². The molecule has 0 saturated carbocycles. The second kappa shape index (κ2) is 6.53. The molecule has 3 aromatic rings. The predicted octanol–water partition coefficient (Wildman–Crippen LogP) is 3.12. The highest BCUT2D eigenvalue weighted by Gasteiger charge is 2.43. The van der Waals surface area contributed by atoms with Crippen LogP contribution in [0.1, 0.15) is 32.3 Å². The van der Waals surface area contributed by atoms with E-state index >= 15 is 0 Å². The number of hydrogen-bond donors (Lipinski definition) is 1. The topological polar surface area (TPSA) is 79.4 Å². The van der Waals surface area contributed by atoms with Crippen molar-refractivity contribution in [3.05, 3.63) is 82.9 Å². The maximum absolute atomic E-state index is 12.9. The minimum absolute atomic E-state index is 0.306. The van der Waals surface area contributed by atoms with Crippen molar-refractivity contribution in [1.82, 2.24) is 9.88 Å². The van der Waals surface area contributed by atoms with Gasteiger partial charge in [0.15, 0.2) is 5.13 Å². The summed E-state index contributed by atoms with van der Waals surface area (Å²) in [5, 5.41) is 4.83. The van der Waals surface area contributed by atoms with Gasteiger partial charge in [0, 0.05) is 11.6 Å². The molecule has 6 nitrogen and oxygen atoms in total. The van der Waals surface area contributed by atoms with Gasteiger partial charge in [0.1, 0.15) is 6.04 Å². The summed E-state index contributed by atoms with van der Waals surface area (Å²) in [6.45, 7) is 0. The number of rotatable bonds is 4. The number of nitrogens with one attached hydrogen (secondary N) is 1. The zero-order valence-electron chi connectivity index (χ0n) is 13.5. The maximum atomic E-state index is 12.9. The first-order chi connectivity index (χ1) is 12.7. The highest BCUT2D eigenvalue weighted by molar-refractivity contribution is 7.13. The van der Waals surface area contributed by atoms with Crippen molar-refractivity contribution in [1.29, 1.82) is 0 Å². The Morgan fingerprint density at radius 1 is 0.962 bits per heavy atom. The van der Waals surface area contributed by atoms with Crippen molar-refractivity contribution in [2.75, 3.05) is 5.32 Å². The Morgan fingerprint density at radius 2 is 1.58 bits per heavy atom. The Morgan fingerprint density at radius 3 is 2.15 bits per heavy atom. The van der Waals surface area contributed by atoms with Crippen LogP contribution in [0.25, 0.3) is 0 Å². The number of nitrogens with zero attached hydrogens (tertiary/aromatic N) is 2. The molecule has 128 valence electrons. The summed E-state index contributed by atoms with van der Waals surface area (Å²) in [4.78, 5) is 43.7. The normalized spacial score (nSPS) is 14.2. The van der Waals surface area contributed by atoms with Crippen LogP contribution in [0.3, 0.4) is 0 Å². The Balaban J connectivity index is 1.76. The van der Waals surface area contributed by atoms with E-state index < -0.39 is 23.8 Å². The van der Waals surface area contributed by atoms with E-state index in [0.29, 0.717) is 21.8 Å². The lowest BCUT2D eigenvalue weighted by molar-refractivity contribution is -0.120. The van der Waals surface area contributed by atoms with Gasteiger partial charge in [-0.15, -0.1) is 11.3 Å². The van der Waals surface area contributed by atoms with Crippen molar-refractivity contribution in [3.8, 4) is 0 Å². The number of amides is 3. The van der Waals surface area contributed by atoms with Gasteiger partial charge in [-0.25, -0.2) is 4.98 Å². The summed E-state index contributed by atoms with van der Waals surface area (Å²) in [5.41, 5.74) is 1.16. The van der Waals surface area contributed by atoms with Crippen molar-refractivity contribution in [2.45, 2.75) is 6.04 Å². The summed E-state index contributed by atoms with van der Waals surface area (Å²) in [7, 11) is 0. The molecule has 1 N–H and O–H groups in total. The van der Waals surface area contributed by atoms with Crippen LogP contribution in [0.15, 0.2) is 66.2 Å². The van der Waals surface area contributed by atoms with Crippen LogP contribution in [0, 0.1) is 0 Å². The third kappa shape index (κ3) is 2.68. The monoisotopic (exact) mass is 363 g/mol. The fourth-order valence-electron chi connectivity index (χ4n) is 2.95. The molecule has 2 heterocycles. The first-order valence-electron chi connectivity index (χ1n) is 7.89. The quantitative estimate of drug-likeness (QED) is 0.723. The van der Waals surface area contributed by atoms with Crippen LogP contribution in [0.5, 0.6) is 0 Å². The second-order valence-corrected chi connectivity index (χ2v) is 6.56. The molecular formula is C19H13N3O3S. The molecule has 2 aromatic carbocycles. The molecular weight excluding hydrogens is 350 g/mol. The van der Waals surface area contributed by atoms with Gasteiger partial charge < -0.3 is 0 Å². The Bertz CT molecular complexity index is 951. The molecule has 3 amide bonds. The molecule has 0 spiro atoms. The molecule has 1 aliphatic heterocycles. The van der Waals surface area contributed by atoms with Crippen LogP contribution in [0.4, 0.5) is 5.13 Å². The first kappa shape index (κ1) is 16.2. The van der Waals surface area contributed by atoms with E-state index in [2.05, 4.69) is 10.3 Å². The lowest BCUT2D eigenvalue weighted by Gasteiger charge is -2.25. The van der Waals surface area contributed by atoms with Gasteiger partial charge in [-0.2, -0.15) is 0 Å². The van der Waals surface area contributed by atoms with Crippen LogP contribution in [-0.4, -0.2) is 27.6 Å². The smallest absolute Gasteiger partial charge is 0.262 e. The molecule has 7 heteroatoms. The number of aromatic nitrogens is 1. The van der Waals surface area contributed by atoms with Crippen LogP contribution in [0.2, 0.25) is 0 Å². The highest BCUT2D eigenvalue weighted by atomic mass is 32.1. The number of benzene rings is 2. The van der Waals surface area contributed by atoms with E-state index in [9.17, 15) is 14.4 Å². The van der Waals surface area contributed by atoms with E-state index in [0.717, 1.165) is 4.90 Å². The zero-order chi connectivity index (χ0) is 18.1. The summed E-state index contributed by atoms with van der Waals surface area (Å²) in [6, 6.07) is 14.3. The van der Waals surface area contributed by atoms with Crippen molar-refractivity contribution in [3.63, 3.8) is 0 Å². The number of imide groups is 1. The van der Waals surface area contributed by atoms with Crippen LogP contribution >= 0.6 is 11.3 Å². The van der Waals surface area contributed by atoms with E-state index in [1.807, 2.05) is 6.07 Å². The third-order valence-corrected chi connectivity index (χ3v) is 4.80. The van der Waals surface area contributed by atoms with E-state index in [1.54, 1.807) is 60.1 Å². The molecule has 0 saturated heterocycles. The number of carbonyl (C=O) groups excluding carboxylic acids is 3. The number of anilines is 1. The number of fused-ring (bicyclic) bond motifs is 1. The summed E-state index contributed by atoms with van der Waals surface area (Å²) >= 11 is 1.26. The maximum Gasteiger partial charge on any atom is 0.262 e. The van der Waals surface area contributed by atoms with Crippen molar-refractivity contribution in [2.24, 2.45) is 0 Å². The number of hydrogen-bond acceptors (Lipinski definition) is 5. The number of thiazole rings is 1. The average Bonchev–Trinajstić information content (AvgIpc) is 3.26. The highest BCUT2D eigenvalue weighted by Crippen LogP contribution is 2.32. The predicted molar refractivity (Wildman–Crippen MR) is 96.9 cm³/mol. The second-order valence-electron chi connectivity index (χ2n) is 5.67. The summed E-state index contributed by atoms with van der Waals surface area (Å²) < 4.78 is 0. The molecule has 4 rings (SSSR count). The van der Waals surface area contributed by atoms with Crippen LogP contribution < -0.4 is 5.32 Å². The minimum atomic E-state index is -1.08. The Hall–Kier alpha value is -3.32.